The molecule has 3 aliphatic rings. The van der Waals surface area contributed by atoms with Crippen LogP contribution in [0.1, 0.15) is 373 Å². The van der Waals surface area contributed by atoms with Gasteiger partial charge in [-0.3, -0.25) is 4.79 Å². The Kier molecular flexibility index (Phi) is 65.8. The van der Waals surface area contributed by atoms with E-state index in [0.717, 1.165) is 77.0 Å². The van der Waals surface area contributed by atoms with Gasteiger partial charge in [-0.05, 0) is 64.2 Å². The SMILES string of the molecule is CC/C=C\C/C=C\C/C=C\C/C=C\C/C=C\CCCCCCCCCCCCCCCCCCCCCC(=O)NC(COC1OC(CO)C(OC2OC(CO)C(OC3OC(CO)C(O)C(O)C3O)C(O)C2O)C(O)C1O)C(O)/C=C/CCCCCCCCCCCCCCCCCCCCCCCCCCCCCCC. The van der Waals surface area contributed by atoms with Crippen LogP contribution in [0.2, 0.25) is 0 Å². The van der Waals surface area contributed by atoms with Gasteiger partial charge in [-0.2, -0.15) is 0 Å². The van der Waals surface area contributed by atoms with E-state index in [0.29, 0.717) is 6.42 Å². The largest absolute Gasteiger partial charge is 0.394 e. The van der Waals surface area contributed by atoms with Gasteiger partial charge in [-0.15, -0.1) is 0 Å². The van der Waals surface area contributed by atoms with Gasteiger partial charge >= 0.3 is 0 Å². The molecule has 12 N–H and O–H groups in total. The van der Waals surface area contributed by atoms with Gasteiger partial charge in [0.1, 0.15) is 73.2 Å². The lowest BCUT2D eigenvalue weighted by Gasteiger charge is -2.48. The number of ether oxygens (including phenoxy) is 6. The number of carbonyl (C=O) groups is 1. The smallest absolute Gasteiger partial charge is 0.220 e. The van der Waals surface area contributed by atoms with Crippen LogP contribution in [-0.4, -0.2) is 193 Å². The maximum atomic E-state index is 13.5. The first-order chi connectivity index (χ1) is 54.3. The van der Waals surface area contributed by atoms with Crippen molar-refractivity contribution >= 4 is 5.91 Å². The molecule has 111 heavy (non-hydrogen) atoms. The van der Waals surface area contributed by atoms with E-state index < -0.39 is 124 Å². The molecule has 3 heterocycles. The highest BCUT2D eigenvalue weighted by atomic mass is 16.8. The van der Waals surface area contributed by atoms with Crippen molar-refractivity contribution in [3.8, 4) is 0 Å². The van der Waals surface area contributed by atoms with E-state index in [9.17, 15) is 61.0 Å². The molecule has 0 aromatic rings. The summed E-state index contributed by atoms with van der Waals surface area (Å²) < 4.78 is 34.5. The summed E-state index contributed by atoms with van der Waals surface area (Å²) in [5.41, 5.74) is 0. The van der Waals surface area contributed by atoms with Gasteiger partial charge in [0.05, 0.1) is 38.6 Å². The van der Waals surface area contributed by atoms with Crippen molar-refractivity contribution in [1.82, 2.24) is 5.32 Å². The molecule has 0 aromatic heterocycles. The molecular formula is C92H167NO18. The third kappa shape index (κ3) is 49.9. The van der Waals surface area contributed by atoms with Crippen molar-refractivity contribution in [3.63, 3.8) is 0 Å². The van der Waals surface area contributed by atoms with Gasteiger partial charge < -0.3 is 89.9 Å². The first kappa shape index (κ1) is 102. The van der Waals surface area contributed by atoms with Crippen LogP contribution in [-0.2, 0) is 33.2 Å². The summed E-state index contributed by atoms with van der Waals surface area (Å²) in [6.45, 7) is 1.68. The Morgan fingerprint density at radius 3 is 0.973 bits per heavy atom. The number of amides is 1. The first-order valence-corrected chi connectivity index (χ1v) is 45.7. The minimum atomic E-state index is -1.98. The number of carbonyl (C=O) groups excluding carboxylic acids is 1. The predicted octanol–water partition coefficient (Wildman–Crippen LogP) is 17.5. The Morgan fingerprint density at radius 1 is 0.333 bits per heavy atom. The van der Waals surface area contributed by atoms with E-state index in [1.807, 2.05) is 6.08 Å². The molecule has 3 aliphatic heterocycles. The zero-order chi connectivity index (χ0) is 80.3. The monoisotopic (exact) mass is 1570 g/mol. The van der Waals surface area contributed by atoms with Crippen LogP contribution >= 0.6 is 0 Å². The molecule has 3 fully saturated rings. The summed E-state index contributed by atoms with van der Waals surface area (Å²) in [6.07, 6.45) is 69.1. The summed E-state index contributed by atoms with van der Waals surface area (Å²) >= 11 is 0. The van der Waals surface area contributed by atoms with Crippen molar-refractivity contribution in [2.45, 2.75) is 478 Å². The topological polar surface area (TPSA) is 307 Å². The first-order valence-electron chi connectivity index (χ1n) is 45.7. The lowest BCUT2D eigenvalue weighted by molar-refractivity contribution is -0.379. The Morgan fingerprint density at radius 2 is 0.622 bits per heavy atom. The van der Waals surface area contributed by atoms with Crippen molar-refractivity contribution in [3.05, 3.63) is 72.9 Å². The summed E-state index contributed by atoms with van der Waals surface area (Å²) in [5, 5.41) is 121. The molecular weight excluding hydrogens is 1410 g/mol. The lowest BCUT2D eigenvalue weighted by Crippen LogP contribution is -2.66. The van der Waals surface area contributed by atoms with Gasteiger partial charge in [0, 0.05) is 6.42 Å². The molecule has 3 rings (SSSR count). The minimum absolute atomic E-state index is 0.244. The van der Waals surface area contributed by atoms with Crippen LogP contribution in [0.3, 0.4) is 0 Å². The highest BCUT2D eigenvalue weighted by Crippen LogP contribution is 2.34. The molecule has 648 valence electrons. The Balaban J connectivity index is 1.32. The highest BCUT2D eigenvalue weighted by Gasteiger charge is 2.54. The second-order valence-electron chi connectivity index (χ2n) is 32.4. The Labute approximate surface area is 674 Å². The number of aliphatic hydroxyl groups is 11. The summed E-state index contributed by atoms with van der Waals surface area (Å²) in [6, 6.07) is -0.977. The zero-order valence-electron chi connectivity index (χ0n) is 69.9. The number of rotatable bonds is 74. The molecule has 0 saturated carbocycles. The molecule has 0 aromatic carbocycles. The van der Waals surface area contributed by atoms with E-state index in [1.165, 1.54) is 270 Å². The predicted molar refractivity (Wildman–Crippen MR) is 448 cm³/mol. The van der Waals surface area contributed by atoms with Crippen LogP contribution in [0.15, 0.2) is 72.9 Å². The third-order valence-electron chi connectivity index (χ3n) is 22.5. The zero-order valence-corrected chi connectivity index (χ0v) is 69.9. The molecule has 1 amide bonds. The molecule has 0 aliphatic carbocycles. The highest BCUT2D eigenvalue weighted by molar-refractivity contribution is 5.76. The quantitative estimate of drug-likeness (QED) is 0.0199. The average molecular weight is 1580 g/mol. The van der Waals surface area contributed by atoms with Gasteiger partial charge in [0.2, 0.25) is 5.91 Å². The molecule has 17 unspecified atom stereocenters. The number of unbranched alkanes of at least 4 members (excludes halogenated alkanes) is 48. The number of aliphatic hydroxyl groups excluding tert-OH is 11. The fourth-order valence-electron chi connectivity index (χ4n) is 15.3. The number of nitrogens with one attached hydrogen (secondary N) is 1. The minimum Gasteiger partial charge on any atom is -0.394 e. The average Bonchev–Trinajstić information content (AvgIpc) is 0.780. The molecule has 3 saturated heterocycles. The maximum Gasteiger partial charge on any atom is 0.220 e. The van der Waals surface area contributed by atoms with E-state index in [2.05, 4.69) is 79.9 Å². The molecule has 19 heteroatoms. The van der Waals surface area contributed by atoms with Gasteiger partial charge in [0.15, 0.2) is 18.9 Å². The van der Waals surface area contributed by atoms with Gasteiger partial charge in [0.25, 0.3) is 0 Å². The number of hydrogen-bond donors (Lipinski definition) is 12. The van der Waals surface area contributed by atoms with Crippen LogP contribution in [0.4, 0.5) is 0 Å². The molecule has 17 atom stereocenters. The van der Waals surface area contributed by atoms with Crippen molar-refractivity contribution in [1.29, 1.82) is 0 Å². The van der Waals surface area contributed by atoms with Crippen molar-refractivity contribution in [2.24, 2.45) is 0 Å². The second-order valence-corrected chi connectivity index (χ2v) is 32.4. The number of hydrogen-bond acceptors (Lipinski definition) is 18. The van der Waals surface area contributed by atoms with E-state index in [-0.39, 0.29) is 18.9 Å². The van der Waals surface area contributed by atoms with Crippen LogP contribution in [0.5, 0.6) is 0 Å². The fourth-order valence-corrected chi connectivity index (χ4v) is 15.3. The maximum absolute atomic E-state index is 13.5. The van der Waals surface area contributed by atoms with E-state index >= 15 is 0 Å². The second kappa shape index (κ2) is 71.3. The molecule has 0 radical (unpaired) electrons. The van der Waals surface area contributed by atoms with Crippen molar-refractivity contribution < 1.29 is 89.4 Å². The normalized spacial score (nSPS) is 25.4. The van der Waals surface area contributed by atoms with E-state index in [1.54, 1.807) is 6.08 Å². The van der Waals surface area contributed by atoms with Crippen molar-refractivity contribution in [2.75, 3.05) is 26.4 Å². The summed E-state index contributed by atoms with van der Waals surface area (Å²) in [5.74, 6) is -0.270. The Bertz CT molecular complexity index is 2280. The van der Waals surface area contributed by atoms with E-state index in [4.69, 9.17) is 28.4 Å². The summed E-state index contributed by atoms with van der Waals surface area (Å²) in [4.78, 5) is 13.5. The molecule has 19 nitrogen and oxygen atoms in total. The van der Waals surface area contributed by atoms with Crippen LogP contribution < -0.4 is 5.32 Å². The fraction of sp³-hybridized carbons (Fsp3) is 0.859. The van der Waals surface area contributed by atoms with Gasteiger partial charge in [-0.25, -0.2) is 0 Å². The lowest BCUT2D eigenvalue weighted by atomic mass is 9.96. The van der Waals surface area contributed by atoms with Gasteiger partial charge in [-0.1, -0.05) is 376 Å². The molecule has 0 spiro atoms. The Hall–Kier alpha value is -2.77. The molecule has 0 bridgehead atoms. The van der Waals surface area contributed by atoms with Crippen LogP contribution in [0, 0.1) is 0 Å². The number of allylic oxidation sites excluding steroid dienone is 11. The standard InChI is InChI=1S/C92H167NO18/c1-3-5-7-9-11-13-15-17-19-21-23-25-27-29-31-33-35-36-37-38-40-42-44-46-48-50-52-54-56-58-60-62-64-66-68-70-80(98)93-75(76(97)69-67-65-63-61-59-57-55-53-51-49-47-45-43-41-39-34-32-30-28-26-24-22-20-18-16-14-12-10-8-6-4-2)74-106-90-86(104)83(101)88(78(72-95)108-90)111-92-87(105)84(102)89(79(73-96)109-92)110-91-85(103)82(100)81(99)77(71-94)107-91/h5,7,11,13,17,19,23,25,29,31,67,69,75-79,81-92,94-97,99-105H,3-4,6,8-10,12,14-16,18,20-22,24,26-28,30,32-66,68,70-74H2,1-2H3,(H,93,98)/b7-5-,13-11-,19-17-,25-23-,31-29-,69-67+. The third-order valence-corrected chi connectivity index (χ3v) is 22.5. The summed E-state index contributed by atoms with van der Waals surface area (Å²) in [7, 11) is 0. The van der Waals surface area contributed by atoms with Crippen LogP contribution in [0.25, 0.3) is 0 Å².